The molecule has 168 valence electrons. The predicted octanol–water partition coefficient (Wildman–Crippen LogP) is 4.75. The SMILES string of the molecule is O=C(CNC(=O)c1ccc(Cl)c(Cl)c1)N/N=C/c1cccc(OC(=O)c2ccc(Cl)cc2)c1. The van der Waals surface area contributed by atoms with Crippen molar-refractivity contribution < 1.29 is 19.1 Å². The molecule has 0 aliphatic carbocycles. The molecule has 0 radical (unpaired) electrons. The molecule has 3 aromatic rings. The molecule has 3 rings (SSSR count). The number of carbonyl (C=O) groups is 3. The lowest BCUT2D eigenvalue weighted by atomic mass is 10.2. The van der Waals surface area contributed by atoms with Gasteiger partial charge in [-0.25, -0.2) is 10.2 Å². The van der Waals surface area contributed by atoms with Crippen LogP contribution in [-0.4, -0.2) is 30.5 Å². The largest absolute Gasteiger partial charge is 0.423 e. The maximum absolute atomic E-state index is 12.2. The lowest BCUT2D eigenvalue weighted by Crippen LogP contribution is -2.34. The van der Waals surface area contributed by atoms with E-state index >= 15 is 0 Å². The fraction of sp³-hybridized carbons (Fsp3) is 0.0435. The van der Waals surface area contributed by atoms with Crippen LogP contribution in [0.5, 0.6) is 5.75 Å². The highest BCUT2D eigenvalue weighted by molar-refractivity contribution is 6.42. The van der Waals surface area contributed by atoms with E-state index in [1.807, 2.05) is 0 Å². The quantitative estimate of drug-likeness (QED) is 0.210. The van der Waals surface area contributed by atoms with Gasteiger partial charge in [0.15, 0.2) is 0 Å². The number of rotatable bonds is 7. The van der Waals surface area contributed by atoms with E-state index in [0.717, 1.165) is 0 Å². The highest BCUT2D eigenvalue weighted by Crippen LogP contribution is 2.22. The summed E-state index contributed by atoms with van der Waals surface area (Å²) in [6.07, 6.45) is 1.37. The zero-order chi connectivity index (χ0) is 23.8. The van der Waals surface area contributed by atoms with Crippen LogP contribution in [0.15, 0.2) is 71.8 Å². The predicted molar refractivity (Wildman–Crippen MR) is 127 cm³/mol. The van der Waals surface area contributed by atoms with Crippen molar-refractivity contribution in [2.24, 2.45) is 5.10 Å². The zero-order valence-corrected chi connectivity index (χ0v) is 19.1. The third-order valence-corrected chi connectivity index (χ3v) is 5.13. The molecule has 7 nitrogen and oxygen atoms in total. The number of hydrogen-bond acceptors (Lipinski definition) is 5. The summed E-state index contributed by atoms with van der Waals surface area (Å²) in [7, 11) is 0. The summed E-state index contributed by atoms with van der Waals surface area (Å²) >= 11 is 17.5. The Bertz CT molecular complexity index is 1210. The molecule has 33 heavy (non-hydrogen) atoms. The first-order valence-electron chi connectivity index (χ1n) is 9.45. The van der Waals surface area contributed by atoms with Gasteiger partial charge in [-0.05, 0) is 60.2 Å². The normalized spacial score (nSPS) is 10.6. The van der Waals surface area contributed by atoms with Gasteiger partial charge in [0.05, 0.1) is 28.4 Å². The molecule has 0 aliphatic heterocycles. The van der Waals surface area contributed by atoms with Gasteiger partial charge in [0, 0.05) is 10.6 Å². The first kappa shape index (κ1) is 24.3. The van der Waals surface area contributed by atoms with E-state index in [1.54, 1.807) is 48.5 Å². The van der Waals surface area contributed by atoms with Crippen molar-refractivity contribution in [3.05, 3.63) is 98.5 Å². The molecular weight excluding hydrogens is 489 g/mol. The third-order valence-electron chi connectivity index (χ3n) is 4.14. The Kier molecular flexibility index (Phi) is 8.43. The average Bonchev–Trinajstić information content (AvgIpc) is 2.80. The lowest BCUT2D eigenvalue weighted by molar-refractivity contribution is -0.120. The molecule has 2 amide bonds. The van der Waals surface area contributed by atoms with Crippen LogP contribution in [0.4, 0.5) is 0 Å². The smallest absolute Gasteiger partial charge is 0.343 e. The van der Waals surface area contributed by atoms with Gasteiger partial charge in [-0.3, -0.25) is 9.59 Å². The molecule has 0 aliphatic rings. The van der Waals surface area contributed by atoms with E-state index in [2.05, 4.69) is 15.8 Å². The Morgan fingerprint density at radius 2 is 1.61 bits per heavy atom. The van der Waals surface area contributed by atoms with Gasteiger partial charge in [-0.2, -0.15) is 5.10 Å². The van der Waals surface area contributed by atoms with E-state index in [9.17, 15) is 14.4 Å². The van der Waals surface area contributed by atoms with Gasteiger partial charge >= 0.3 is 5.97 Å². The maximum Gasteiger partial charge on any atom is 0.343 e. The summed E-state index contributed by atoms with van der Waals surface area (Å²) in [6.45, 7) is -0.296. The van der Waals surface area contributed by atoms with Crippen LogP contribution in [0.2, 0.25) is 15.1 Å². The molecule has 0 saturated carbocycles. The van der Waals surface area contributed by atoms with E-state index in [1.165, 1.54) is 24.4 Å². The van der Waals surface area contributed by atoms with Crippen molar-refractivity contribution in [3.63, 3.8) is 0 Å². The fourth-order valence-electron chi connectivity index (χ4n) is 2.53. The maximum atomic E-state index is 12.2. The minimum atomic E-state index is -0.537. The summed E-state index contributed by atoms with van der Waals surface area (Å²) in [6, 6.07) is 17.3. The minimum absolute atomic E-state index is 0.236. The molecule has 0 unspecified atom stereocenters. The van der Waals surface area contributed by atoms with Crippen LogP contribution >= 0.6 is 34.8 Å². The molecule has 0 atom stereocenters. The average molecular weight is 505 g/mol. The van der Waals surface area contributed by atoms with Crippen LogP contribution in [-0.2, 0) is 4.79 Å². The third kappa shape index (κ3) is 7.32. The minimum Gasteiger partial charge on any atom is -0.423 e. The van der Waals surface area contributed by atoms with Crippen LogP contribution in [0.1, 0.15) is 26.3 Å². The van der Waals surface area contributed by atoms with Crippen molar-refractivity contribution >= 4 is 58.8 Å². The molecule has 0 saturated heterocycles. The summed E-state index contributed by atoms with van der Waals surface area (Å²) in [5.41, 5.74) is 3.50. The van der Waals surface area contributed by atoms with E-state index in [-0.39, 0.29) is 17.1 Å². The van der Waals surface area contributed by atoms with E-state index < -0.39 is 17.8 Å². The molecule has 10 heteroatoms. The topological polar surface area (TPSA) is 96.9 Å². The van der Waals surface area contributed by atoms with Gasteiger partial charge in [-0.1, -0.05) is 46.9 Å². The molecule has 0 fully saturated rings. The Labute approximate surface area is 204 Å². The number of hydrogen-bond donors (Lipinski definition) is 2. The molecule has 0 spiro atoms. The molecule has 2 N–H and O–H groups in total. The number of nitrogens with zero attached hydrogens (tertiary/aromatic N) is 1. The highest BCUT2D eigenvalue weighted by atomic mass is 35.5. The molecular formula is C23H16Cl3N3O4. The Morgan fingerprint density at radius 1 is 0.879 bits per heavy atom. The van der Waals surface area contributed by atoms with Gasteiger partial charge in [-0.15, -0.1) is 0 Å². The Morgan fingerprint density at radius 3 is 2.33 bits per heavy atom. The number of carbonyl (C=O) groups excluding carboxylic acids is 3. The lowest BCUT2D eigenvalue weighted by Gasteiger charge is -2.06. The van der Waals surface area contributed by atoms with Gasteiger partial charge in [0.25, 0.3) is 11.8 Å². The zero-order valence-electron chi connectivity index (χ0n) is 16.8. The number of halogens is 3. The Balaban J connectivity index is 1.50. The van der Waals surface area contributed by atoms with Crippen molar-refractivity contribution in [2.45, 2.75) is 0 Å². The second kappa shape index (κ2) is 11.5. The van der Waals surface area contributed by atoms with Crippen molar-refractivity contribution in [1.82, 2.24) is 10.7 Å². The second-order valence-electron chi connectivity index (χ2n) is 6.57. The van der Waals surface area contributed by atoms with Crippen LogP contribution < -0.4 is 15.5 Å². The molecule has 0 bridgehead atoms. The summed E-state index contributed by atoms with van der Waals surface area (Å²) in [5, 5.41) is 7.36. The van der Waals surface area contributed by atoms with Crippen molar-refractivity contribution in [3.8, 4) is 5.75 Å². The van der Waals surface area contributed by atoms with E-state index in [0.29, 0.717) is 26.9 Å². The summed E-state index contributed by atoms with van der Waals surface area (Å²) < 4.78 is 5.33. The molecule has 0 aromatic heterocycles. The van der Waals surface area contributed by atoms with Gasteiger partial charge in [0.2, 0.25) is 0 Å². The van der Waals surface area contributed by atoms with Crippen molar-refractivity contribution in [2.75, 3.05) is 6.54 Å². The number of esters is 1. The fourth-order valence-corrected chi connectivity index (χ4v) is 2.95. The standard InChI is InChI=1S/C23H16Cl3N3O4/c24-17-7-4-15(5-8-17)23(32)33-18-3-1-2-14(10-18)12-28-29-21(30)13-27-22(31)16-6-9-19(25)20(26)11-16/h1-12H,13H2,(H,27,31)(H,29,30)/b28-12+. The number of ether oxygens (including phenoxy) is 1. The van der Waals surface area contributed by atoms with Crippen LogP contribution in [0.25, 0.3) is 0 Å². The van der Waals surface area contributed by atoms with Gasteiger partial charge in [0.1, 0.15) is 5.75 Å². The Hall–Kier alpha value is -3.39. The second-order valence-corrected chi connectivity index (χ2v) is 7.82. The van der Waals surface area contributed by atoms with Crippen LogP contribution in [0.3, 0.4) is 0 Å². The molecule has 0 heterocycles. The number of benzene rings is 3. The van der Waals surface area contributed by atoms with Crippen molar-refractivity contribution in [1.29, 1.82) is 0 Å². The van der Waals surface area contributed by atoms with Crippen LogP contribution in [0, 0.1) is 0 Å². The first-order valence-corrected chi connectivity index (χ1v) is 10.6. The monoisotopic (exact) mass is 503 g/mol. The van der Waals surface area contributed by atoms with E-state index in [4.69, 9.17) is 39.5 Å². The highest BCUT2D eigenvalue weighted by Gasteiger charge is 2.10. The molecule has 3 aromatic carbocycles. The van der Waals surface area contributed by atoms with Gasteiger partial charge < -0.3 is 10.1 Å². The number of hydrazone groups is 1. The number of nitrogens with one attached hydrogen (secondary N) is 2. The summed E-state index contributed by atoms with van der Waals surface area (Å²) in [4.78, 5) is 36.2. The first-order chi connectivity index (χ1) is 15.8. The summed E-state index contributed by atoms with van der Waals surface area (Å²) in [5.74, 6) is -1.25. The number of amides is 2.